The third-order valence-corrected chi connectivity index (χ3v) is 4.80. The Hall–Kier alpha value is -3.55. The van der Waals surface area contributed by atoms with Gasteiger partial charge in [-0.25, -0.2) is 9.67 Å². The van der Waals surface area contributed by atoms with E-state index in [2.05, 4.69) is 32.8 Å². The number of hydrogen-bond donors (Lipinski definition) is 1. The van der Waals surface area contributed by atoms with Gasteiger partial charge >= 0.3 is 0 Å². The van der Waals surface area contributed by atoms with Crippen LogP contribution in [0.4, 0.5) is 11.6 Å². The van der Waals surface area contributed by atoms with Crippen molar-refractivity contribution in [1.29, 1.82) is 0 Å². The molecule has 2 aromatic carbocycles. The van der Waals surface area contributed by atoms with E-state index in [-0.39, 0.29) is 5.91 Å². The molecule has 0 fully saturated rings. The fourth-order valence-corrected chi connectivity index (χ4v) is 3.49. The number of tetrazole rings is 1. The van der Waals surface area contributed by atoms with Crippen LogP contribution in [-0.4, -0.2) is 38.4 Å². The normalized spacial score (nSPS) is 17.9. The quantitative estimate of drug-likeness (QED) is 0.696. The van der Waals surface area contributed by atoms with Gasteiger partial charge in [-0.1, -0.05) is 48.4 Å². The monoisotopic (exact) mass is 390 g/mol. The van der Waals surface area contributed by atoms with Crippen LogP contribution >= 0.6 is 0 Å². The zero-order valence-electron chi connectivity index (χ0n) is 16.3. The van der Waals surface area contributed by atoms with Gasteiger partial charge in [0, 0.05) is 17.0 Å². The van der Waals surface area contributed by atoms with Crippen molar-refractivity contribution in [3.05, 3.63) is 60.2 Å². The molecule has 1 aliphatic heterocycles. The molecule has 0 radical (unpaired) electrons. The van der Waals surface area contributed by atoms with Crippen molar-refractivity contribution in [2.75, 3.05) is 11.9 Å². The average molecular weight is 390 g/mol. The van der Waals surface area contributed by atoms with Gasteiger partial charge in [-0.3, -0.25) is 4.79 Å². The van der Waals surface area contributed by atoms with E-state index in [1.807, 2.05) is 61.5 Å². The van der Waals surface area contributed by atoms with Gasteiger partial charge in [0.1, 0.15) is 17.7 Å². The Balaban J connectivity index is 1.76. The van der Waals surface area contributed by atoms with Gasteiger partial charge in [-0.05, 0) is 42.0 Å². The molecule has 29 heavy (non-hydrogen) atoms. The van der Waals surface area contributed by atoms with Crippen LogP contribution < -0.4 is 10.1 Å². The van der Waals surface area contributed by atoms with Crippen molar-refractivity contribution in [3.63, 3.8) is 0 Å². The summed E-state index contributed by atoms with van der Waals surface area (Å²) in [4.78, 5) is 17.8. The SMILES string of the molecule is CCCOc1ccccc1C1C(C(=O)Nc2ccccc2)C(C)=Nc2nnnn21. The highest BCUT2D eigenvalue weighted by Gasteiger charge is 2.40. The fourth-order valence-electron chi connectivity index (χ4n) is 3.49. The molecule has 8 heteroatoms. The first-order valence-corrected chi connectivity index (χ1v) is 9.59. The number of hydrogen-bond acceptors (Lipinski definition) is 6. The van der Waals surface area contributed by atoms with Crippen molar-refractivity contribution in [1.82, 2.24) is 20.2 Å². The first-order valence-electron chi connectivity index (χ1n) is 9.59. The molecule has 2 unspecified atom stereocenters. The lowest BCUT2D eigenvalue weighted by Gasteiger charge is -2.30. The van der Waals surface area contributed by atoms with E-state index in [9.17, 15) is 4.79 Å². The summed E-state index contributed by atoms with van der Waals surface area (Å²) in [5, 5.41) is 14.9. The Kier molecular flexibility index (Phi) is 5.33. The fraction of sp³-hybridized carbons (Fsp3) is 0.286. The van der Waals surface area contributed by atoms with Crippen molar-refractivity contribution in [3.8, 4) is 5.75 Å². The number of fused-ring (bicyclic) bond motifs is 1. The zero-order chi connectivity index (χ0) is 20.2. The number of ether oxygens (including phenoxy) is 1. The van der Waals surface area contributed by atoms with E-state index in [4.69, 9.17) is 4.74 Å². The maximum absolute atomic E-state index is 13.3. The Labute approximate surface area is 168 Å². The highest BCUT2D eigenvalue weighted by atomic mass is 16.5. The highest BCUT2D eigenvalue weighted by molar-refractivity contribution is 6.10. The van der Waals surface area contributed by atoms with Crippen molar-refractivity contribution in [2.24, 2.45) is 10.9 Å². The second kappa shape index (κ2) is 8.22. The smallest absolute Gasteiger partial charge is 0.269 e. The topological polar surface area (TPSA) is 94.3 Å². The second-order valence-electron chi connectivity index (χ2n) is 6.84. The highest BCUT2D eigenvalue weighted by Crippen LogP contribution is 2.39. The van der Waals surface area contributed by atoms with E-state index in [0.717, 1.165) is 17.7 Å². The summed E-state index contributed by atoms with van der Waals surface area (Å²) >= 11 is 0. The third kappa shape index (κ3) is 3.73. The van der Waals surface area contributed by atoms with Gasteiger partial charge in [0.05, 0.1) is 6.61 Å². The molecule has 0 aliphatic carbocycles. The largest absolute Gasteiger partial charge is 0.493 e. The van der Waals surface area contributed by atoms with Gasteiger partial charge in [0.15, 0.2) is 0 Å². The summed E-state index contributed by atoms with van der Waals surface area (Å²) in [5.74, 6) is 0.334. The lowest BCUT2D eigenvalue weighted by Crippen LogP contribution is -2.39. The van der Waals surface area contributed by atoms with Gasteiger partial charge in [0.2, 0.25) is 5.91 Å². The van der Waals surface area contributed by atoms with Crippen LogP contribution in [0, 0.1) is 5.92 Å². The Bertz CT molecular complexity index is 1030. The van der Waals surface area contributed by atoms with Crippen LogP contribution in [0.15, 0.2) is 59.6 Å². The molecule has 2 heterocycles. The molecular weight excluding hydrogens is 368 g/mol. The average Bonchev–Trinajstić information content (AvgIpc) is 3.20. The van der Waals surface area contributed by atoms with E-state index >= 15 is 0 Å². The lowest BCUT2D eigenvalue weighted by molar-refractivity contribution is -0.118. The van der Waals surface area contributed by atoms with Crippen molar-refractivity contribution < 1.29 is 9.53 Å². The molecule has 1 amide bonds. The number of anilines is 1. The van der Waals surface area contributed by atoms with Gasteiger partial charge < -0.3 is 10.1 Å². The van der Waals surface area contributed by atoms with Crippen LogP contribution in [0.2, 0.25) is 0 Å². The molecule has 4 rings (SSSR count). The Morgan fingerprint density at radius 2 is 1.90 bits per heavy atom. The minimum Gasteiger partial charge on any atom is -0.493 e. The van der Waals surface area contributed by atoms with Crippen LogP contribution in [0.25, 0.3) is 0 Å². The number of amides is 1. The lowest BCUT2D eigenvalue weighted by atomic mass is 9.87. The van der Waals surface area contributed by atoms with Crippen LogP contribution in [0.5, 0.6) is 5.75 Å². The number of nitrogens with zero attached hydrogens (tertiary/aromatic N) is 5. The first kappa shape index (κ1) is 18.8. The minimum absolute atomic E-state index is 0.172. The van der Waals surface area contributed by atoms with Gasteiger partial charge in [-0.2, -0.15) is 0 Å². The maximum Gasteiger partial charge on any atom is 0.269 e. The standard InChI is InChI=1S/C21H22N6O2/c1-3-13-29-17-12-8-7-11-16(17)19-18(14(2)22-21-24-25-26-27(19)21)20(28)23-15-9-5-4-6-10-15/h4-12,18-19H,3,13H2,1-2H3,(H,23,28). The summed E-state index contributed by atoms with van der Waals surface area (Å²) in [6.07, 6.45) is 0.882. The maximum atomic E-state index is 13.3. The van der Waals surface area contributed by atoms with E-state index in [1.165, 1.54) is 0 Å². The van der Waals surface area contributed by atoms with Gasteiger partial charge in [-0.15, -0.1) is 0 Å². The van der Waals surface area contributed by atoms with E-state index in [0.29, 0.717) is 24.0 Å². The number of aromatic nitrogens is 4. The van der Waals surface area contributed by atoms with Crippen LogP contribution in [0.1, 0.15) is 31.9 Å². The zero-order valence-corrected chi connectivity index (χ0v) is 16.3. The minimum atomic E-state index is -0.586. The summed E-state index contributed by atoms with van der Waals surface area (Å²) in [5.41, 5.74) is 2.22. The molecule has 148 valence electrons. The molecule has 0 bridgehead atoms. The molecule has 3 aromatic rings. The van der Waals surface area contributed by atoms with Crippen molar-refractivity contribution >= 4 is 23.3 Å². The number of benzene rings is 2. The summed E-state index contributed by atoms with van der Waals surface area (Å²) in [6.45, 7) is 4.46. The summed E-state index contributed by atoms with van der Waals surface area (Å²) in [7, 11) is 0. The predicted octanol–water partition coefficient (Wildman–Crippen LogP) is 3.41. The number of carbonyl (C=O) groups excluding carboxylic acids is 1. The van der Waals surface area contributed by atoms with Crippen LogP contribution in [-0.2, 0) is 4.79 Å². The number of carbonyl (C=O) groups is 1. The molecule has 1 aliphatic rings. The molecule has 0 saturated heterocycles. The summed E-state index contributed by atoms with van der Waals surface area (Å²) in [6, 6.07) is 16.6. The molecule has 2 atom stereocenters. The molecular formula is C21H22N6O2. The molecule has 0 saturated carbocycles. The molecule has 1 N–H and O–H groups in total. The third-order valence-electron chi connectivity index (χ3n) is 4.80. The predicted molar refractivity (Wildman–Crippen MR) is 110 cm³/mol. The number of aliphatic imine (C=N–C) groups is 1. The number of nitrogens with one attached hydrogen (secondary N) is 1. The summed E-state index contributed by atoms with van der Waals surface area (Å²) < 4.78 is 7.55. The molecule has 0 spiro atoms. The van der Waals surface area contributed by atoms with Crippen LogP contribution in [0.3, 0.4) is 0 Å². The Morgan fingerprint density at radius 1 is 1.14 bits per heavy atom. The molecule has 8 nitrogen and oxygen atoms in total. The van der Waals surface area contributed by atoms with Gasteiger partial charge in [0.25, 0.3) is 5.95 Å². The Morgan fingerprint density at radius 3 is 2.69 bits per heavy atom. The second-order valence-corrected chi connectivity index (χ2v) is 6.84. The molecule has 1 aromatic heterocycles. The number of para-hydroxylation sites is 2. The number of rotatable bonds is 6. The van der Waals surface area contributed by atoms with E-state index in [1.54, 1.807) is 4.68 Å². The van der Waals surface area contributed by atoms with E-state index < -0.39 is 12.0 Å². The van der Waals surface area contributed by atoms with Crippen molar-refractivity contribution in [2.45, 2.75) is 26.3 Å². The first-order chi connectivity index (χ1) is 14.2.